The first kappa shape index (κ1) is 19.8. The highest BCUT2D eigenvalue weighted by atomic mass is 32.2. The highest BCUT2D eigenvalue weighted by Crippen LogP contribution is 2.31. The first-order valence-corrected chi connectivity index (χ1v) is 11.0. The number of nitrogens with one attached hydrogen (secondary N) is 1. The number of sulfonamides is 1. The van der Waals surface area contributed by atoms with Gasteiger partial charge < -0.3 is 10.4 Å². The van der Waals surface area contributed by atoms with Gasteiger partial charge in [-0.05, 0) is 49.9 Å². The molecule has 148 valence electrons. The van der Waals surface area contributed by atoms with E-state index in [4.69, 9.17) is 0 Å². The molecule has 1 saturated heterocycles. The molecule has 2 N–H and O–H groups in total. The summed E-state index contributed by atoms with van der Waals surface area (Å²) < 4.78 is 26.8. The van der Waals surface area contributed by atoms with Crippen LogP contribution < -0.4 is 5.32 Å². The van der Waals surface area contributed by atoms with Crippen LogP contribution in [0, 0.1) is 11.8 Å². The van der Waals surface area contributed by atoms with Crippen LogP contribution in [0.15, 0.2) is 29.2 Å². The summed E-state index contributed by atoms with van der Waals surface area (Å²) in [5, 5.41) is 12.1. The molecule has 1 heterocycles. The fourth-order valence-corrected chi connectivity index (χ4v) is 5.46. The third kappa shape index (κ3) is 4.50. The molecule has 27 heavy (non-hydrogen) atoms. The van der Waals surface area contributed by atoms with E-state index in [1.807, 2.05) is 0 Å². The second-order valence-corrected chi connectivity index (χ2v) is 9.25. The second kappa shape index (κ2) is 8.39. The maximum atomic E-state index is 12.7. The molecule has 2 aliphatic rings. The molecule has 1 aliphatic carbocycles. The fraction of sp³-hybridized carbons (Fsp3) is 0.579. The smallest absolute Gasteiger partial charge is 0.307 e. The summed E-state index contributed by atoms with van der Waals surface area (Å²) in [7, 11) is -3.50. The molecular formula is C19H26N2O5S. The van der Waals surface area contributed by atoms with Crippen LogP contribution in [0.3, 0.4) is 0 Å². The predicted molar refractivity (Wildman–Crippen MR) is 101 cm³/mol. The number of benzene rings is 1. The van der Waals surface area contributed by atoms with E-state index in [2.05, 4.69) is 5.32 Å². The summed E-state index contributed by atoms with van der Waals surface area (Å²) in [4.78, 5) is 24.1. The Kier molecular flexibility index (Phi) is 6.16. The number of amides is 1. The molecule has 0 bridgehead atoms. The number of aliphatic carboxylic acids is 1. The van der Waals surface area contributed by atoms with Gasteiger partial charge in [-0.2, -0.15) is 4.31 Å². The summed E-state index contributed by atoms with van der Waals surface area (Å²) in [6.45, 7) is 1.08. The molecule has 8 heteroatoms. The number of rotatable bonds is 5. The number of anilines is 1. The van der Waals surface area contributed by atoms with E-state index in [0.29, 0.717) is 31.6 Å². The van der Waals surface area contributed by atoms with Crippen molar-refractivity contribution in [2.24, 2.45) is 11.8 Å². The Balaban J connectivity index is 1.68. The van der Waals surface area contributed by atoms with Crippen LogP contribution in [0.4, 0.5) is 5.69 Å². The third-order valence-corrected chi connectivity index (χ3v) is 7.41. The Labute approximate surface area is 159 Å². The van der Waals surface area contributed by atoms with Crippen molar-refractivity contribution in [2.45, 2.75) is 49.8 Å². The average molecular weight is 394 g/mol. The topological polar surface area (TPSA) is 104 Å². The van der Waals surface area contributed by atoms with E-state index < -0.39 is 27.8 Å². The van der Waals surface area contributed by atoms with Gasteiger partial charge in [0.2, 0.25) is 15.9 Å². The van der Waals surface area contributed by atoms with Crippen LogP contribution >= 0.6 is 0 Å². The standard InChI is InChI=1S/C19H26N2O5S/c22-18(16-6-2-3-7-17(16)19(23)24)20-14-8-10-15(11-9-14)27(25,26)21-12-4-1-5-13-21/h8-11,16-17H,1-7,12-13H2,(H,20,22)(H,23,24)/t16?,17-/m0/s1. The Hall–Kier alpha value is -1.93. The molecule has 1 aliphatic heterocycles. The Morgan fingerprint density at radius 2 is 1.52 bits per heavy atom. The molecule has 0 radical (unpaired) electrons. The van der Waals surface area contributed by atoms with Gasteiger partial charge in [-0.15, -0.1) is 0 Å². The van der Waals surface area contributed by atoms with Crippen molar-refractivity contribution in [1.82, 2.24) is 4.31 Å². The maximum Gasteiger partial charge on any atom is 0.307 e. The SMILES string of the molecule is O=C(Nc1ccc(S(=O)(=O)N2CCCCC2)cc1)C1CCCC[C@@H]1C(=O)O. The zero-order valence-electron chi connectivity index (χ0n) is 15.3. The molecule has 2 fully saturated rings. The zero-order valence-corrected chi connectivity index (χ0v) is 16.1. The molecule has 1 aromatic carbocycles. The minimum atomic E-state index is -3.50. The highest BCUT2D eigenvalue weighted by Gasteiger charge is 2.35. The monoisotopic (exact) mass is 394 g/mol. The molecule has 3 rings (SSSR count). The predicted octanol–water partition coefficient (Wildman–Crippen LogP) is 2.69. The van der Waals surface area contributed by atoms with Gasteiger partial charge in [0, 0.05) is 18.8 Å². The van der Waals surface area contributed by atoms with Gasteiger partial charge in [-0.25, -0.2) is 8.42 Å². The largest absolute Gasteiger partial charge is 0.481 e. The van der Waals surface area contributed by atoms with E-state index in [1.165, 1.54) is 16.4 Å². The lowest BCUT2D eigenvalue weighted by Crippen LogP contribution is -2.36. The molecule has 7 nitrogen and oxygen atoms in total. The van der Waals surface area contributed by atoms with Gasteiger partial charge in [-0.3, -0.25) is 9.59 Å². The molecule has 0 aromatic heterocycles. The lowest BCUT2D eigenvalue weighted by Gasteiger charge is -2.27. The Bertz CT molecular complexity index is 785. The van der Waals surface area contributed by atoms with Gasteiger partial charge in [0.15, 0.2) is 0 Å². The molecule has 2 atom stereocenters. The summed E-state index contributed by atoms with van der Waals surface area (Å²) in [5.41, 5.74) is 0.479. The average Bonchev–Trinajstić information content (AvgIpc) is 2.69. The van der Waals surface area contributed by atoms with Gasteiger partial charge in [0.1, 0.15) is 0 Å². The Morgan fingerprint density at radius 3 is 2.11 bits per heavy atom. The van der Waals surface area contributed by atoms with E-state index in [9.17, 15) is 23.1 Å². The van der Waals surface area contributed by atoms with Crippen molar-refractivity contribution in [1.29, 1.82) is 0 Å². The van der Waals surface area contributed by atoms with Gasteiger partial charge in [0.05, 0.1) is 16.7 Å². The first-order chi connectivity index (χ1) is 12.9. The maximum absolute atomic E-state index is 12.7. The van der Waals surface area contributed by atoms with Crippen molar-refractivity contribution in [3.8, 4) is 0 Å². The van der Waals surface area contributed by atoms with Crippen LogP contribution in [0.25, 0.3) is 0 Å². The third-order valence-electron chi connectivity index (χ3n) is 5.49. The van der Waals surface area contributed by atoms with E-state index in [-0.39, 0.29) is 10.8 Å². The van der Waals surface area contributed by atoms with Crippen LogP contribution in [-0.2, 0) is 19.6 Å². The van der Waals surface area contributed by atoms with E-state index in [0.717, 1.165) is 32.1 Å². The van der Waals surface area contributed by atoms with Crippen LogP contribution in [0.1, 0.15) is 44.9 Å². The number of carbonyl (C=O) groups is 2. The normalized spacial score (nSPS) is 24.3. The van der Waals surface area contributed by atoms with E-state index in [1.54, 1.807) is 12.1 Å². The summed E-state index contributed by atoms with van der Waals surface area (Å²) in [6, 6.07) is 6.12. The summed E-state index contributed by atoms with van der Waals surface area (Å²) >= 11 is 0. The number of hydrogen-bond donors (Lipinski definition) is 2. The Morgan fingerprint density at radius 1 is 0.926 bits per heavy atom. The lowest BCUT2D eigenvalue weighted by atomic mass is 9.78. The number of nitrogens with zero attached hydrogens (tertiary/aromatic N) is 1. The van der Waals surface area contributed by atoms with Gasteiger partial charge in [-0.1, -0.05) is 19.3 Å². The minimum Gasteiger partial charge on any atom is -0.481 e. The lowest BCUT2D eigenvalue weighted by molar-refractivity contribution is -0.147. The summed E-state index contributed by atoms with van der Waals surface area (Å²) in [6.07, 6.45) is 5.54. The molecule has 1 saturated carbocycles. The van der Waals surface area contributed by atoms with Crippen molar-refractivity contribution < 1.29 is 23.1 Å². The number of hydrogen-bond acceptors (Lipinski definition) is 4. The second-order valence-electron chi connectivity index (χ2n) is 7.31. The van der Waals surface area contributed by atoms with Gasteiger partial charge in [0.25, 0.3) is 0 Å². The number of carboxylic acid groups (broad SMARTS) is 1. The van der Waals surface area contributed by atoms with Crippen LogP contribution in [0.2, 0.25) is 0 Å². The summed E-state index contributed by atoms with van der Waals surface area (Å²) in [5.74, 6) is -2.45. The highest BCUT2D eigenvalue weighted by molar-refractivity contribution is 7.89. The molecule has 0 spiro atoms. The molecule has 1 aromatic rings. The van der Waals surface area contributed by atoms with Crippen LogP contribution in [0.5, 0.6) is 0 Å². The zero-order chi connectivity index (χ0) is 19.4. The molecular weight excluding hydrogens is 368 g/mol. The molecule has 1 unspecified atom stereocenters. The van der Waals surface area contributed by atoms with Crippen molar-refractivity contribution in [3.63, 3.8) is 0 Å². The quantitative estimate of drug-likeness (QED) is 0.799. The van der Waals surface area contributed by atoms with Crippen molar-refractivity contribution in [3.05, 3.63) is 24.3 Å². The number of piperidine rings is 1. The van der Waals surface area contributed by atoms with Crippen LogP contribution in [-0.4, -0.2) is 42.8 Å². The van der Waals surface area contributed by atoms with Gasteiger partial charge >= 0.3 is 5.97 Å². The first-order valence-electron chi connectivity index (χ1n) is 9.53. The molecule has 1 amide bonds. The number of carbonyl (C=O) groups excluding carboxylic acids is 1. The van der Waals surface area contributed by atoms with Crippen molar-refractivity contribution in [2.75, 3.05) is 18.4 Å². The fourth-order valence-electron chi connectivity index (χ4n) is 3.94. The number of carboxylic acids is 1. The minimum absolute atomic E-state index is 0.212. The van der Waals surface area contributed by atoms with E-state index >= 15 is 0 Å². The van der Waals surface area contributed by atoms with Crippen molar-refractivity contribution >= 4 is 27.6 Å².